The molecule has 1 heterocycles. The zero-order valence-corrected chi connectivity index (χ0v) is 9.78. The van der Waals surface area contributed by atoms with Crippen LogP contribution in [0.2, 0.25) is 5.02 Å². The van der Waals surface area contributed by atoms with Gasteiger partial charge in [0.15, 0.2) is 0 Å². The molecule has 1 fully saturated rings. The lowest BCUT2D eigenvalue weighted by molar-refractivity contribution is -0.124. The van der Waals surface area contributed by atoms with Crippen molar-refractivity contribution < 1.29 is 4.79 Å². The Balaban J connectivity index is 2.00. The summed E-state index contributed by atoms with van der Waals surface area (Å²) >= 11 is 5.86. The third-order valence-electron chi connectivity index (χ3n) is 2.68. The molecular formula is C13H14ClNO. The topological polar surface area (TPSA) is 20.3 Å². The highest BCUT2D eigenvalue weighted by atomic mass is 35.5. The molecule has 1 saturated heterocycles. The Labute approximate surface area is 101 Å². The summed E-state index contributed by atoms with van der Waals surface area (Å²) in [5.74, 6) is 0.0949. The van der Waals surface area contributed by atoms with Gasteiger partial charge in [-0.2, -0.15) is 0 Å². The first kappa shape index (κ1) is 11.2. The summed E-state index contributed by atoms with van der Waals surface area (Å²) in [5.41, 5.74) is 0.958. The summed E-state index contributed by atoms with van der Waals surface area (Å²) in [7, 11) is 0. The number of rotatable bonds is 2. The molecule has 1 aromatic carbocycles. The predicted octanol–water partition coefficient (Wildman–Crippen LogP) is 2.98. The van der Waals surface area contributed by atoms with Crippen molar-refractivity contribution >= 4 is 23.6 Å². The first-order valence-corrected chi connectivity index (χ1v) is 5.86. The van der Waals surface area contributed by atoms with E-state index in [1.165, 1.54) is 0 Å². The molecule has 1 aliphatic rings. The van der Waals surface area contributed by atoms with Crippen molar-refractivity contribution in [2.75, 3.05) is 13.1 Å². The van der Waals surface area contributed by atoms with Crippen LogP contribution in [0.5, 0.6) is 0 Å². The van der Waals surface area contributed by atoms with Crippen molar-refractivity contribution in [2.45, 2.75) is 12.8 Å². The summed E-state index contributed by atoms with van der Waals surface area (Å²) in [6.45, 7) is 1.78. The highest BCUT2D eigenvalue weighted by Crippen LogP contribution is 2.13. The number of hydrogen-bond donors (Lipinski definition) is 0. The summed E-state index contributed by atoms with van der Waals surface area (Å²) in [5, 5.41) is 0.691. The van der Waals surface area contributed by atoms with E-state index in [4.69, 9.17) is 11.6 Å². The van der Waals surface area contributed by atoms with E-state index in [1.54, 1.807) is 6.08 Å². The number of carbonyl (C=O) groups is 1. The number of benzene rings is 1. The molecule has 0 N–H and O–H groups in total. The predicted molar refractivity (Wildman–Crippen MR) is 66.3 cm³/mol. The van der Waals surface area contributed by atoms with Crippen LogP contribution in [0.25, 0.3) is 6.08 Å². The van der Waals surface area contributed by atoms with Crippen LogP contribution in [0.4, 0.5) is 0 Å². The minimum absolute atomic E-state index is 0.0949. The van der Waals surface area contributed by atoms with Gasteiger partial charge in [-0.25, -0.2) is 0 Å². The second-order valence-corrected chi connectivity index (χ2v) is 4.36. The smallest absolute Gasteiger partial charge is 0.246 e. The molecule has 2 nitrogen and oxygen atoms in total. The molecule has 0 atom stereocenters. The molecule has 0 spiro atoms. The van der Waals surface area contributed by atoms with E-state index in [1.807, 2.05) is 35.2 Å². The first-order chi connectivity index (χ1) is 7.75. The second kappa shape index (κ2) is 5.17. The molecule has 3 heteroatoms. The van der Waals surface area contributed by atoms with Crippen LogP contribution >= 0.6 is 11.6 Å². The van der Waals surface area contributed by atoms with E-state index in [-0.39, 0.29) is 5.91 Å². The maximum Gasteiger partial charge on any atom is 0.246 e. The molecule has 84 valence electrons. The Hall–Kier alpha value is -1.28. The fourth-order valence-corrected chi connectivity index (χ4v) is 2.02. The molecule has 0 bridgehead atoms. The van der Waals surface area contributed by atoms with Crippen LogP contribution in [0, 0.1) is 0 Å². The molecule has 1 amide bonds. The van der Waals surface area contributed by atoms with E-state index in [0.29, 0.717) is 5.02 Å². The van der Waals surface area contributed by atoms with Gasteiger partial charge in [0.05, 0.1) is 0 Å². The van der Waals surface area contributed by atoms with E-state index in [2.05, 4.69) is 0 Å². The SMILES string of the molecule is O=C(C=Cc1cccc(Cl)c1)N1CCCC1. The Morgan fingerprint density at radius 3 is 2.75 bits per heavy atom. The second-order valence-electron chi connectivity index (χ2n) is 3.92. The highest BCUT2D eigenvalue weighted by Gasteiger charge is 2.14. The molecule has 1 aromatic rings. The van der Waals surface area contributed by atoms with Gasteiger partial charge >= 0.3 is 0 Å². The average molecular weight is 236 g/mol. The molecule has 16 heavy (non-hydrogen) atoms. The van der Waals surface area contributed by atoms with Crippen LogP contribution in [0.15, 0.2) is 30.3 Å². The number of carbonyl (C=O) groups excluding carboxylic acids is 1. The van der Waals surface area contributed by atoms with Crippen molar-refractivity contribution in [1.29, 1.82) is 0 Å². The molecule has 0 aliphatic carbocycles. The lowest BCUT2D eigenvalue weighted by Gasteiger charge is -2.11. The number of nitrogens with zero attached hydrogens (tertiary/aromatic N) is 1. The Bertz CT molecular complexity index is 408. The number of hydrogen-bond acceptors (Lipinski definition) is 1. The normalized spacial score (nSPS) is 15.9. The molecule has 2 rings (SSSR count). The quantitative estimate of drug-likeness (QED) is 0.722. The van der Waals surface area contributed by atoms with E-state index in [9.17, 15) is 4.79 Å². The Morgan fingerprint density at radius 2 is 2.06 bits per heavy atom. The molecule has 0 aromatic heterocycles. The van der Waals surface area contributed by atoms with Gasteiger partial charge in [0.25, 0.3) is 0 Å². The lowest BCUT2D eigenvalue weighted by atomic mass is 10.2. The summed E-state index contributed by atoms with van der Waals surface area (Å²) in [4.78, 5) is 13.6. The van der Waals surface area contributed by atoms with Crippen molar-refractivity contribution in [3.8, 4) is 0 Å². The zero-order valence-electron chi connectivity index (χ0n) is 9.03. The Kier molecular flexibility index (Phi) is 3.62. The van der Waals surface area contributed by atoms with Crippen molar-refractivity contribution in [2.24, 2.45) is 0 Å². The summed E-state index contributed by atoms with van der Waals surface area (Å²) < 4.78 is 0. The van der Waals surface area contributed by atoms with Gasteiger partial charge in [0, 0.05) is 24.2 Å². The van der Waals surface area contributed by atoms with Crippen LogP contribution in [-0.4, -0.2) is 23.9 Å². The number of likely N-dealkylation sites (tertiary alicyclic amines) is 1. The summed E-state index contributed by atoms with van der Waals surface area (Å²) in [6, 6.07) is 7.47. The first-order valence-electron chi connectivity index (χ1n) is 5.48. The van der Waals surface area contributed by atoms with Gasteiger partial charge in [-0.15, -0.1) is 0 Å². The van der Waals surface area contributed by atoms with Crippen molar-refractivity contribution in [3.63, 3.8) is 0 Å². The van der Waals surface area contributed by atoms with Gasteiger partial charge in [-0.3, -0.25) is 4.79 Å². The fraction of sp³-hybridized carbons (Fsp3) is 0.308. The largest absolute Gasteiger partial charge is 0.339 e. The maximum absolute atomic E-state index is 11.7. The Morgan fingerprint density at radius 1 is 1.31 bits per heavy atom. The van der Waals surface area contributed by atoms with Crippen molar-refractivity contribution in [3.05, 3.63) is 40.9 Å². The lowest BCUT2D eigenvalue weighted by Crippen LogP contribution is -2.25. The van der Waals surface area contributed by atoms with Gasteiger partial charge in [-0.1, -0.05) is 23.7 Å². The average Bonchev–Trinajstić information content (AvgIpc) is 2.79. The zero-order chi connectivity index (χ0) is 11.4. The highest BCUT2D eigenvalue weighted by molar-refractivity contribution is 6.30. The standard InChI is InChI=1S/C13H14ClNO/c14-12-5-3-4-11(10-12)6-7-13(16)15-8-1-2-9-15/h3-7,10H,1-2,8-9H2. The van der Waals surface area contributed by atoms with Crippen LogP contribution in [-0.2, 0) is 4.79 Å². The van der Waals surface area contributed by atoms with Gasteiger partial charge < -0.3 is 4.90 Å². The van der Waals surface area contributed by atoms with Crippen molar-refractivity contribution in [1.82, 2.24) is 4.90 Å². The minimum atomic E-state index is 0.0949. The van der Waals surface area contributed by atoms with E-state index in [0.717, 1.165) is 31.5 Å². The third-order valence-corrected chi connectivity index (χ3v) is 2.92. The van der Waals surface area contributed by atoms with E-state index < -0.39 is 0 Å². The van der Waals surface area contributed by atoms with Crippen LogP contribution in [0.3, 0.4) is 0 Å². The third kappa shape index (κ3) is 2.86. The number of halogens is 1. The minimum Gasteiger partial charge on any atom is -0.339 e. The molecule has 0 saturated carbocycles. The summed E-state index contributed by atoms with van der Waals surface area (Å²) in [6.07, 6.45) is 5.68. The molecule has 1 aliphatic heterocycles. The van der Waals surface area contributed by atoms with Gasteiger partial charge in [-0.05, 0) is 36.6 Å². The van der Waals surface area contributed by atoms with Gasteiger partial charge in [0.2, 0.25) is 5.91 Å². The molecule has 0 radical (unpaired) electrons. The molecular weight excluding hydrogens is 222 g/mol. The van der Waals surface area contributed by atoms with Crippen LogP contribution in [0.1, 0.15) is 18.4 Å². The van der Waals surface area contributed by atoms with E-state index >= 15 is 0 Å². The van der Waals surface area contributed by atoms with Gasteiger partial charge in [0.1, 0.15) is 0 Å². The maximum atomic E-state index is 11.7. The molecule has 0 unspecified atom stereocenters. The number of amides is 1. The monoisotopic (exact) mass is 235 g/mol. The fourth-order valence-electron chi connectivity index (χ4n) is 1.82. The van der Waals surface area contributed by atoms with Crippen LogP contribution < -0.4 is 0 Å².